The summed E-state index contributed by atoms with van der Waals surface area (Å²) in [7, 11) is 0.981. The van der Waals surface area contributed by atoms with Gasteiger partial charge in [-0.05, 0) is 28.1 Å². The van der Waals surface area contributed by atoms with Crippen molar-refractivity contribution in [2.45, 2.75) is 6.18 Å². The summed E-state index contributed by atoms with van der Waals surface area (Å²) in [5.74, 6) is -1.11. The van der Waals surface area contributed by atoms with E-state index in [0.29, 0.717) is 6.07 Å². The van der Waals surface area contributed by atoms with Crippen LogP contribution in [-0.4, -0.2) is 13.1 Å². The van der Waals surface area contributed by atoms with Crippen LogP contribution < -0.4 is 0 Å². The van der Waals surface area contributed by atoms with Crippen LogP contribution in [0.2, 0.25) is 0 Å². The lowest BCUT2D eigenvalue weighted by atomic mass is 10.0. The lowest BCUT2D eigenvalue weighted by molar-refractivity contribution is -0.138. The van der Waals surface area contributed by atoms with Crippen LogP contribution in [0.3, 0.4) is 0 Å². The van der Waals surface area contributed by atoms with Crippen LogP contribution in [0.4, 0.5) is 13.2 Å². The fourth-order valence-corrected chi connectivity index (χ4v) is 1.60. The third kappa shape index (κ3) is 2.77. The van der Waals surface area contributed by atoms with E-state index in [1.54, 1.807) is 6.07 Å². The molecule has 17 heavy (non-hydrogen) atoms. The highest BCUT2D eigenvalue weighted by Gasteiger charge is 2.36. The van der Waals surface area contributed by atoms with Gasteiger partial charge < -0.3 is 4.74 Å². The number of ether oxygens (including phenoxy) is 1. The van der Waals surface area contributed by atoms with Gasteiger partial charge in [-0.25, -0.2) is 4.79 Å². The Morgan fingerprint density at radius 3 is 2.47 bits per heavy atom. The largest absolute Gasteiger partial charge is 0.465 e. The third-order valence-electron chi connectivity index (χ3n) is 1.94. The molecule has 90 valence electrons. The van der Waals surface area contributed by atoms with Gasteiger partial charge in [-0.1, -0.05) is 0 Å². The molecule has 0 heterocycles. The number of halogens is 4. The van der Waals surface area contributed by atoms with Crippen molar-refractivity contribution in [3.8, 4) is 6.07 Å². The van der Waals surface area contributed by atoms with Crippen molar-refractivity contribution in [2.75, 3.05) is 7.11 Å². The fourth-order valence-electron chi connectivity index (χ4n) is 1.17. The highest BCUT2D eigenvalue weighted by molar-refractivity contribution is 9.10. The number of nitrogens with zero attached hydrogens (tertiary/aromatic N) is 1. The van der Waals surface area contributed by atoms with E-state index in [1.807, 2.05) is 0 Å². The van der Waals surface area contributed by atoms with Crippen molar-refractivity contribution in [1.29, 1.82) is 5.26 Å². The van der Waals surface area contributed by atoms with Gasteiger partial charge in [0.05, 0.1) is 23.8 Å². The maximum atomic E-state index is 12.7. The van der Waals surface area contributed by atoms with Crippen molar-refractivity contribution in [2.24, 2.45) is 0 Å². The van der Waals surface area contributed by atoms with Crippen molar-refractivity contribution in [1.82, 2.24) is 0 Å². The van der Waals surface area contributed by atoms with Gasteiger partial charge in [0, 0.05) is 4.47 Å². The zero-order valence-corrected chi connectivity index (χ0v) is 10.0. The summed E-state index contributed by atoms with van der Waals surface area (Å²) in [6.07, 6.45) is -4.73. The number of carbonyl (C=O) groups excluding carboxylic acids is 1. The Morgan fingerprint density at radius 2 is 2.06 bits per heavy atom. The molecule has 1 aromatic rings. The first-order valence-corrected chi connectivity index (χ1v) is 4.99. The molecule has 1 aromatic carbocycles. The molecule has 0 amide bonds. The summed E-state index contributed by atoms with van der Waals surface area (Å²) in [4.78, 5) is 11.2. The topological polar surface area (TPSA) is 50.1 Å². The maximum absolute atomic E-state index is 12.7. The second kappa shape index (κ2) is 4.75. The minimum Gasteiger partial charge on any atom is -0.465 e. The molecule has 0 unspecified atom stereocenters. The van der Waals surface area contributed by atoms with Crippen LogP contribution in [0, 0.1) is 11.3 Å². The molecule has 0 bridgehead atoms. The van der Waals surface area contributed by atoms with Gasteiger partial charge in [0.15, 0.2) is 0 Å². The smallest absolute Gasteiger partial charge is 0.417 e. The maximum Gasteiger partial charge on any atom is 0.417 e. The summed E-state index contributed by atoms with van der Waals surface area (Å²) in [5, 5.41) is 8.63. The monoisotopic (exact) mass is 307 g/mol. The van der Waals surface area contributed by atoms with Gasteiger partial charge in [-0.15, -0.1) is 0 Å². The number of esters is 1. The molecular formula is C10H5BrF3NO2. The molecule has 0 N–H and O–H groups in total. The Balaban J connectivity index is 3.54. The quantitative estimate of drug-likeness (QED) is 0.749. The Labute approximate surface area is 103 Å². The minimum atomic E-state index is -4.73. The van der Waals surface area contributed by atoms with Crippen LogP contribution in [0.5, 0.6) is 0 Å². The molecule has 0 spiro atoms. The Morgan fingerprint density at radius 1 is 1.47 bits per heavy atom. The zero-order chi connectivity index (χ0) is 13.2. The van der Waals surface area contributed by atoms with E-state index in [9.17, 15) is 18.0 Å². The minimum absolute atomic E-state index is 0.105. The first-order valence-electron chi connectivity index (χ1n) is 4.20. The number of hydrogen-bond donors (Lipinski definition) is 0. The number of alkyl halides is 3. The molecular weight excluding hydrogens is 303 g/mol. The van der Waals surface area contributed by atoms with Gasteiger partial charge in [0.25, 0.3) is 0 Å². The lowest BCUT2D eigenvalue weighted by Gasteiger charge is -2.12. The summed E-state index contributed by atoms with van der Waals surface area (Å²) < 4.78 is 42.3. The van der Waals surface area contributed by atoms with E-state index in [-0.39, 0.29) is 10.0 Å². The molecule has 3 nitrogen and oxygen atoms in total. The fraction of sp³-hybridized carbons (Fsp3) is 0.200. The van der Waals surface area contributed by atoms with Crippen LogP contribution in [0.15, 0.2) is 16.6 Å². The van der Waals surface area contributed by atoms with Crippen molar-refractivity contribution in [3.63, 3.8) is 0 Å². The van der Waals surface area contributed by atoms with E-state index >= 15 is 0 Å². The molecule has 7 heteroatoms. The molecule has 0 saturated heterocycles. The Hall–Kier alpha value is -1.55. The van der Waals surface area contributed by atoms with E-state index < -0.39 is 23.3 Å². The van der Waals surface area contributed by atoms with Crippen molar-refractivity contribution in [3.05, 3.63) is 33.3 Å². The SMILES string of the molecule is COC(=O)c1cc(Br)c(C#N)cc1C(F)(F)F. The number of carbonyl (C=O) groups is 1. The van der Waals surface area contributed by atoms with Crippen LogP contribution in [0.1, 0.15) is 21.5 Å². The average molecular weight is 308 g/mol. The van der Waals surface area contributed by atoms with E-state index in [2.05, 4.69) is 20.7 Å². The summed E-state index contributed by atoms with van der Waals surface area (Å²) >= 11 is 2.91. The van der Waals surface area contributed by atoms with Gasteiger partial charge >= 0.3 is 12.1 Å². The molecule has 0 saturated carbocycles. The Bertz CT molecular complexity index is 505. The number of hydrogen-bond acceptors (Lipinski definition) is 3. The standard InChI is InChI=1S/C10H5BrF3NO2/c1-17-9(16)6-3-8(11)5(4-15)2-7(6)10(12,13)14/h2-3H,1H3. The predicted molar refractivity (Wildman–Crippen MR) is 55.2 cm³/mol. The summed E-state index contributed by atoms with van der Waals surface area (Å²) in [6.45, 7) is 0. The van der Waals surface area contributed by atoms with Crippen LogP contribution in [0.25, 0.3) is 0 Å². The van der Waals surface area contributed by atoms with E-state index in [4.69, 9.17) is 5.26 Å². The van der Waals surface area contributed by atoms with Gasteiger partial charge in [0.2, 0.25) is 0 Å². The predicted octanol–water partition coefficient (Wildman–Crippen LogP) is 3.13. The number of rotatable bonds is 1. The van der Waals surface area contributed by atoms with Crippen LogP contribution >= 0.6 is 15.9 Å². The van der Waals surface area contributed by atoms with E-state index in [0.717, 1.165) is 13.2 Å². The highest BCUT2D eigenvalue weighted by atomic mass is 79.9. The molecule has 0 fully saturated rings. The molecule has 0 aliphatic carbocycles. The van der Waals surface area contributed by atoms with E-state index in [1.165, 1.54) is 0 Å². The van der Waals surface area contributed by atoms with Crippen molar-refractivity contribution >= 4 is 21.9 Å². The second-order valence-corrected chi connectivity index (χ2v) is 3.83. The Kier molecular flexibility index (Phi) is 3.78. The summed E-state index contributed by atoms with van der Waals surface area (Å²) in [5.41, 5.74) is -2.03. The first kappa shape index (κ1) is 13.5. The third-order valence-corrected chi connectivity index (χ3v) is 2.59. The zero-order valence-electron chi connectivity index (χ0n) is 8.43. The number of methoxy groups -OCH3 is 1. The molecule has 0 atom stereocenters. The number of benzene rings is 1. The molecule has 1 rings (SSSR count). The normalized spacial score (nSPS) is 10.8. The summed E-state index contributed by atoms with van der Waals surface area (Å²) in [6, 6.07) is 3.12. The molecule has 0 aliphatic rings. The molecule has 0 radical (unpaired) electrons. The van der Waals surface area contributed by atoms with Crippen molar-refractivity contribution < 1.29 is 22.7 Å². The molecule has 0 aliphatic heterocycles. The lowest BCUT2D eigenvalue weighted by Crippen LogP contribution is -2.14. The van der Waals surface area contributed by atoms with Gasteiger partial charge in [-0.2, -0.15) is 18.4 Å². The second-order valence-electron chi connectivity index (χ2n) is 2.98. The van der Waals surface area contributed by atoms with Gasteiger partial charge in [0.1, 0.15) is 6.07 Å². The van der Waals surface area contributed by atoms with Gasteiger partial charge in [-0.3, -0.25) is 0 Å². The average Bonchev–Trinajstić information content (AvgIpc) is 2.26. The first-order chi connectivity index (χ1) is 7.81. The van der Waals surface area contributed by atoms with Crippen LogP contribution in [-0.2, 0) is 10.9 Å². The molecule has 0 aromatic heterocycles. The highest BCUT2D eigenvalue weighted by Crippen LogP contribution is 2.35. The number of nitriles is 1.